The Labute approximate surface area is 206 Å². The number of halogens is 1. The molecule has 1 heterocycles. The van der Waals surface area contributed by atoms with Gasteiger partial charge in [-0.2, -0.15) is 0 Å². The van der Waals surface area contributed by atoms with E-state index in [1.54, 1.807) is 54.6 Å². The molecule has 4 rings (SSSR count). The van der Waals surface area contributed by atoms with Crippen LogP contribution in [0.1, 0.15) is 18.1 Å². The first kappa shape index (κ1) is 23.9. The number of oxazole rings is 1. The number of hydrogen-bond acceptors (Lipinski definition) is 7. The van der Waals surface area contributed by atoms with E-state index < -0.39 is 28.7 Å². The van der Waals surface area contributed by atoms with Gasteiger partial charge in [0.05, 0.1) is 22.5 Å². The lowest BCUT2D eigenvalue weighted by atomic mass is 10.1. The molecule has 0 aliphatic heterocycles. The number of aryl methyl sites for hydroxylation is 1. The molecule has 4 aromatic rings. The normalized spacial score (nSPS) is 11.7. The van der Waals surface area contributed by atoms with Crippen LogP contribution in [-0.4, -0.2) is 21.4 Å². The van der Waals surface area contributed by atoms with Crippen LogP contribution in [-0.2, 0) is 20.9 Å². The summed E-state index contributed by atoms with van der Waals surface area (Å²) in [4.78, 5) is 48.3. The highest BCUT2D eigenvalue weighted by Gasteiger charge is 2.26. The number of carbonyl (C=O) groups is 2. The van der Waals surface area contributed by atoms with Gasteiger partial charge < -0.3 is 14.5 Å². The minimum absolute atomic E-state index is 0.00566. The van der Waals surface area contributed by atoms with Gasteiger partial charge in [0.25, 0.3) is 11.6 Å². The maximum absolute atomic E-state index is 13.1. The van der Waals surface area contributed by atoms with Crippen LogP contribution in [0.2, 0.25) is 0 Å². The Hall–Kier alpha value is -4.25. The third-order valence-electron chi connectivity index (χ3n) is 5.12. The Kier molecular flexibility index (Phi) is 7.06. The van der Waals surface area contributed by atoms with Crippen LogP contribution in [0.4, 0.5) is 11.4 Å². The summed E-state index contributed by atoms with van der Waals surface area (Å²) in [6.45, 7) is 0.00566. The lowest BCUT2D eigenvalue weighted by Gasteiger charge is -2.18. The molecule has 1 unspecified atom stereocenters. The number of aromatic nitrogens is 1. The summed E-state index contributed by atoms with van der Waals surface area (Å²) in [5.74, 6) is -1.95. The Morgan fingerprint density at radius 1 is 1.09 bits per heavy atom. The molecule has 3 aromatic carbocycles. The van der Waals surface area contributed by atoms with E-state index in [1.807, 2.05) is 0 Å². The van der Waals surface area contributed by atoms with Gasteiger partial charge in [0, 0.05) is 28.7 Å². The highest BCUT2D eigenvalue weighted by atomic mass is 79.9. The van der Waals surface area contributed by atoms with Crippen LogP contribution in [0.25, 0.3) is 11.1 Å². The maximum atomic E-state index is 13.1. The molecule has 1 atom stereocenters. The number of rotatable bonds is 8. The molecule has 1 N–H and O–H groups in total. The first-order chi connectivity index (χ1) is 16.8. The minimum Gasteiger partial charge on any atom is -0.447 e. The Morgan fingerprint density at radius 2 is 1.80 bits per heavy atom. The molecule has 0 radical (unpaired) electrons. The van der Waals surface area contributed by atoms with Crippen molar-refractivity contribution < 1.29 is 23.7 Å². The highest BCUT2D eigenvalue weighted by Crippen LogP contribution is 2.29. The molecule has 11 heteroatoms. The zero-order chi connectivity index (χ0) is 24.9. The number of amides is 1. The molecule has 178 valence electrons. The number of ether oxygens (including phenoxy) is 1. The number of non-ortho nitro benzene ring substituents is 1. The molecule has 0 aliphatic carbocycles. The van der Waals surface area contributed by atoms with Crippen molar-refractivity contribution in [1.82, 2.24) is 4.57 Å². The van der Waals surface area contributed by atoms with Crippen molar-refractivity contribution >= 4 is 50.3 Å². The van der Waals surface area contributed by atoms with Crippen molar-refractivity contribution in [2.45, 2.75) is 19.1 Å². The average Bonchev–Trinajstić information content (AvgIpc) is 3.17. The lowest BCUT2D eigenvalue weighted by Crippen LogP contribution is -2.27. The number of nitro groups is 1. The van der Waals surface area contributed by atoms with Crippen LogP contribution in [0.3, 0.4) is 0 Å². The van der Waals surface area contributed by atoms with Crippen molar-refractivity contribution in [3.8, 4) is 0 Å². The van der Waals surface area contributed by atoms with Crippen molar-refractivity contribution in [1.29, 1.82) is 0 Å². The number of fused-ring (bicyclic) bond motifs is 1. The van der Waals surface area contributed by atoms with Gasteiger partial charge in [-0.25, -0.2) is 4.79 Å². The molecule has 1 amide bonds. The first-order valence-corrected chi connectivity index (χ1v) is 11.2. The Balaban J connectivity index is 1.50. The van der Waals surface area contributed by atoms with Gasteiger partial charge in [-0.1, -0.05) is 42.5 Å². The van der Waals surface area contributed by atoms with Gasteiger partial charge in [0.15, 0.2) is 5.58 Å². The molecule has 0 aliphatic rings. The second kappa shape index (κ2) is 10.3. The van der Waals surface area contributed by atoms with E-state index in [0.717, 1.165) is 0 Å². The fourth-order valence-corrected chi connectivity index (χ4v) is 3.90. The summed E-state index contributed by atoms with van der Waals surface area (Å²) in [7, 11) is 0. The number of benzene rings is 3. The zero-order valence-electron chi connectivity index (χ0n) is 18.0. The van der Waals surface area contributed by atoms with Crippen LogP contribution >= 0.6 is 15.9 Å². The monoisotopic (exact) mass is 539 g/mol. The molecular weight excluding hydrogens is 522 g/mol. The van der Waals surface area contributed by atoms with E-state index in [9.17, 15) is 24.5 Å². The topological polar surface area (TPSA) is 134 Å². The van der Waals surface area contributed by atoms with Crippen molar-refractivity contribution in [3.63, 3.8) is 0 Å². The smallest absolute Gasteiger partial charge is 0.419 e. The molecular formula is C24H18BrN3O7. The minimum atomic E-state index is -1.29. The Morgan fingerprint density at radius 3 is 2.51 bits per heavy atom. The molecule has 0 fully saturated rings. The van der Waals surface area contributed by atoms with Gasteiger partial charge in [-0.15, -0.1) is 0 Å². The number of nitrogens with one attached hydrogen (secondary N) is 1. The van der Waals surface area contributed by atoms with Crippen LogP contribution in [0.5, 0.6) is 0 Å². The van der Waals surface area contributed by atoms with Gasteiger partial charge in [-0.05, 0) is 34.1 Å². The standard InChI is InChI=1S/C24H18BrN3O7/c25-17-14-16(28(32)33)10-11-18(17)26-23(30)22(15-6-2-1-3-7-15)35-21(29)12-13-27-19-8-4-5-9-20(19)34-24(27)31/h1-11,14,22H,12-13H2,(H,26,30). The van der Waals surface area contributed by atoms with Gasteiger partial charge in [-0.3, -0.25) is 24.3 Å². The van der Waals surface area contributed by atoms with Crippen molar-refractivity contribution in [3.05, 3.63) is 103 Å². The summed E-state index contributed by atoms with van der Waals surface area (Å²) in [6, 6.07) is 19.1. The SMILES string of the molecule is O=C(CCn1c(=O)oc2ccccc21)OC(C(=O)Nc1ccc([N+](=O)[O-])cc1Br)c1ccccc1. The van der Waals surface area contributed by atoms with E-state index in [4.69, 9.17) is 9.15 Å². The molecule has 1 aromatic heterocycles. The molecule has 0 spiro atoms. The Bertz CT molecular complexity index is 1460. The summed E-state index contributed by atoms with van der Waals surface area (Å²) in [6.07, 6.45) is -1.47. The third-order valence-corrected chi connectivity index (χ3v) is 5.78. The van der Waals surface area contributed by atoms with E-state index >= 15 is 0 Å². The van der Waals surface area contributed by atoms with Gasteiger partial charge >= 0.3 is 11.7 Å². The molecule has 0 bridgehead atoms. The van der Waals surface area contributed by atoms with E-state index in [-0.39, 0.29) is 24.3 Å². The number of esters is 1. The second-order valence-corrected chi connectivity index (χ2v) is 8.28. The number of anilines is 1. The highest BCUT2D eigenvalue weighted by molar-refractivity contribution is 9.10. The predicted octanol–water partition coefficient (Wildman–Crippen LogP) is 4.58. The molecule has 35 heavy (non-hydrogen) atoms. The fourth-order valence-electron chi connectivity index (χ4n) is 3.44. The summed E-state index contributed by atoms with van der Waals surface area (Å²) in [5.41, 5.74) is 1.51. The number of hydrogen-bond donors (Lipinski definition) is 1. The summed E-state index contributed by atoms with van der Waals surface area (Å²) in [5, 5.41) is 13.6. The third kappa shape index (κ3) is 5.46. The summed E-state index contributed by atoms with van der Waals surface area (Å²) >= 11 is 3.21. The molecule has 10 nitrogen and oxygen atoms in total. The van der Waals surface area contributed by atoms with E-state index in [2.05, 4.69) is 21.2 Å². The maximum Gasteiger partial charge on any atom is 0.419 e. The van der Waals surface area contributed by atoms with E-state index in [1.165, 1.54) is 22.8 Å². The number of nitro benzene ring substituents is 1. The van der Waals surface area contributed by atoms with Crippen molar-refractivity contribution in [2.24, 2.45) is 0 Å². The fraction of sp³-hybridized carbons (Fsp3) is 0.125. The van der Waals surface area contributed by atoms with Crippen molar-refractivity contribution in [2.75, 3.05) is 5.32 Å². The average molecular weight is 540 g/mol. The number of nitrogens with zero attached hydrogens (tertiary/aromatic N) is 2. The largest absolute Gasteiger partial charge is 0.447 e. The zero-order valence-corrected chi connectivity index (χ0v) is 19.6. The molecule has 0 saturated carbocycles. The van der Waals surface area contributed by atoms with Crippen LogP contribution < -0.4 is 11.1 Å². The van der Waals surface area contributed by atoms with Gasteiger partial charge in [0.2, 0.25) is 6.10 Å². The first-order valence-electron chi connectivity index (χ1n) is 10.4. The number of para-hydroxylation sites is 2. The van der Waals surface area contributed by atoms with E-state index in [0.29, 0.717) is 21.1 Å². The van der Waals surface area contributed by atoms with Crippen LogP contribution in [0, 0.1) is 10.1 Å². The second-order valence-electron chi connectivity index (χ2n) is 7.43. The lowest BCUT2D eigenvalue weighted by molar-refractivity contribution is -0.384. The molecule has 0 saturated heterocycles. The van der Waals surface area contributed by atoms with Crippen LogP contribution in [0.15, 0.2) is 86.5 Å². The summed E-state index contributed by atoms with van der Waals surface area (Å²) < 4.78 is 12.3. The quantitative estimate of drug-likeness (QED) is 0.197. The number of carbonyl (C=O) groups excluding carboxylic acids is 2. The van der Waals surface area contributed by atoms with Gasteiger partial charge in [0.1, 0.15) is 0 Å². The predicted molar refractivity (Wildman–Crippen MR) is 130 cm³/mol.